The molecule has 4 bridgehead atoms. The van der Waals surface area contributed by atoms with Gasteiger partial charge in [-0.3, -0.25) is 0 Å². The van der Waals surface area contributed by atoms with E-state index in [2.05, 4.69) is 46.4 Å². The van der Waals surface area contributed by atoms with E-state index in [1.54, 1.807) is 14.2 Å². The summed E-state index contributed by atoms with van der Waals surface area (Å²) < 4.78 is 25.3. The average molecular weight is 436 g/mol. The number of nitrogens with zero attached hydrogens (tertiary/aromatic N) is 3. The van der Waals surface area contributed by atoms with Gasteiger partial charge in [0.05, 0.1) is 18.4 Å². The summed E-state index contributed by atoms with van der Waals surface area (Å²) in [7, 11) is 5.79. The summed E-state index contributed by atoms with van der Waals surface area (Å²) in [4.78, 5) is 2.55. The molecule has 2 aliphatic heterocycles. The predicted molar refractivity (Wildman–Crippen MR) is 116 cm³/mol. The lowest BCUT2D eigenvalue weighted by atomic mass is 9.37. The molecule has 32 heavy (non-hydrogen) atoms. The van der Waals surface area contributed by atoms with Crippen molar-refractivity contribution in [3.8, 4) is 11.5 Å². The van der Waals surface area contributed by atoms with Gasteiger partial charge >= 0.3 is 0 Å². The van der Waals surface area contributed by atoms with Gasteiger partial charge in [-0.25, -0.2) is 0 Å². The van der Waals surface area contributed by atoms with Gasteiger partial charge in [0, 0.05) is 30.6 Å². The smallest absolute Gasteiger partial charge is 0.223 e. The number of ether oxygens (including phenoxy) is 3. The SMILES string of the molecule is CCc1nnc([C@H]2C[C@@]34C=C[C@]2(OC)[C@@H]2Oc5c(OC)ccc6c5[C@@]23CCN(C)[C@@H]4C6)o1. The van der Waals surface area contributed by atoms with Crippen molar-refractivity contribution in [1.82, 2.24) is 15.1 Å². The number of hydrogen-bond acceptors (Lipinski definition) is 7. The average Bonchev–Trinajstić information content (AvgIpc) is 3.44. The summed E-state index contributed by atoms with van der Waals surface area (Å²) in [6.07, 6.45) is 8.22. The molecule has 0 unspecified atom stereocenters. The molecule has 2 aromatic rings. The van der Waals surface area contributed by atoms with E-state index in [0.29, 0.717) is 17.8 Å². The van der Waals surface area contributed by atoms with E-state index in [0.717, 1.165) is 43.7 Å². The Bertz CT molecular complexity index is 1160. The van der Waals surface area contributed by atoms with E-state index in [9.17, 15) is 0 Å². The maximum Gasteiger partial charge on any atom is 0.223 e. The minimum atomic E-state index is -0.668. The maximum atomic E-state index is 6.93. The molecule has 1 saturated heterocycles. The van der Waals surface area contributed by atoms with Crippen molar-refractivity contribution in [2.45, 2.75) is 61.7 Å². The quantitative estimate of drug-likeness (QED) is 0.684. The molecule has 2 spiro atoms. The Morgan fingerprint density at radius 2 is 2.09 bits per heavy atom. The topological polar surface area (TPSA) is 69.9 Å². The van der Waals surface area contributed by atoms with Crippen LogP contribution in [0.3, 0.4) is 0 Å². The molecule has 8 rings (SSSR count). The van der Waals surface area contributed by atoms with Gasteiger partial charge in [0.2, 0.25) is 11.8 Å². The third-order valence-corrected chi connectivity index (χ3v) is 9.36. The first-order chi connectivity index (χ1) is 15.5. The normalized spacial score (nSPS) is 40.3. The van der Waals surface area contributed by atoms with Gasteiger partial charge in [-0.05, 0) is 44.5 Å². The van der Waals surface area contributed by atoms with E-state index in [-0.39, 0.29) is 22.9 Å². The molecule has 6 aliphatic rings. The Balaban J connectivity index is 1.52. The summed E-state index contributed by atoms with van der Waals surface area (Å²) in [5, 5.41) is 8.78. The number of likely N-dealkylation sites (N-methyl/N-ethyl adjacent to an activating group) is 1. The van der Waals surface area contributed by atoms with Crippen molar-refractivity contribution in [3.05, 3.63) is 47.2 Å². The molecule has 1 aromatic carbocycles. The molecule has 6 atom stereocenters. The zero-order valence-electron chi connectivity index (χ0n) is 19.1. The number of rotatable bonds is 4. The molecule has 0 N–H and O–H groups in total. The van der Waals surface area contributed by atoms with Crippen LogP contribution in [0.25, 0.3) is 0 Å². The molecule has 4 aliphatic carbocycles. The standard InChI is InChI=1S/C25H29N3O4/c1-5-18-26-27-21(31-18)15-13-23-8-9-25(15,30-4)22-24(23)10-11-28(2)17(23)12-14-6-7-16(29-3)20(32-22)19(14)24/h6-9,15,17,22H,5,10-13H2,1-4H3/t15-,17-,22-,23-,24+,25-/m1/s1. The van der Waals surface area contributed by atoms with Gasteiger partial charge in [0.1, 0.15) is 11.7 Å². The minimum absolute atomic E-state index is 0.0562. The van der Waals surface area contributed by atoms with Crippen LogP contribution in [0, 0.1) is 5.41 Å². The van der Waals surface area contributed by atoms with Gasteiger partial charge in [0.15, 0.2) is 11.5 Å². The van der Waals surface area contributed by atoms with Crippen LogP contribution < -0.4 is 9.47 Å². The van der Waals surface area contributed by atoms with E-state index in [4.69, 9.17) is 18.6 Å². The van der Waals surface area contributed by atoms with Crippen LogP contribution in [-0.2, 0) is 23.0 Å². The highest BCUT2D eigenvalue weighted by atomic mass is 16.6. The monoisotopic (exact) mass is 435 g/mol. The first-order valence-corrected chi connectivity index (χ1v) is 11.7. The first-order valence-electron chi connectivity index (χ1n) is 11.7. The van der Waals surface area contributed by atoms with E-state index < -0.39 is 5.60 Å². The molecule has 0 radical (unpaired) electrons. The second-order valence-electron chi connectivity index (χ2n) is 10.1. The summed E-state index contributed by atoms with van der Waals surface area (Å²) >= 11 is 0. The Morgan fingerprint density at radius 3 is 2.84 bits per heavy atom. The van der Waals surface area contributed by atoms with Gasteiger partial charge in [-0.15, -0.1) is 10.2 Å². The van der Waals surface area contributed by atoms with Gasteiger partial charge in [0.25, 0.3) is 0 Å². The Labute approximate surface area is 187 Å². The molecule has 7 nitrogen and oxygen atoms in total. The summed E-state index contributed by atoms with van der Waals surface area (Å²) in [6.45, 7) is 3.08. The summed E-state index contributed by atoms with van der Waals surface area (Å²) in [5.74, 6) is 3.00. The van der Waals surface area contributed by atoms with Crippen LogP contribution >= 0.6 is 0 Å². The number of piperidine rings is 1. The fourth-order valence-electron chi connectivity index (χ4n) is 8.04. The van der Waals surface area contributed by atoms with Crippen molar-refractivity contribution in [1.29, 1.82) is 0 Å². The molecule has 1 aromatic heterocycles. The molecular weight excluding hydrogens is 406 g/mol. The van der Waals surface area contributed by atoms with Gasteiger partial charge in [-0.1, -0.05) is 25.1 Å². The Kier molecular flexibility index (Phi) is 3.55. The highest BCUT2D eigenvalue weighted by Gasteiger charge is 2.79. The van der Waals surface area contributed by atoms with Crippen molar-refractivity contribution < 1.29 is 18.6 Å². The molecule has 168 valence electrons. The zero-order valence-corrected chi connectivity index (χ0v) is 19.1. The lowest BCUT2D eigenvalue weighted by Crippen LogP contribution is -2.78. The molecule has 2 fully saturated rings. The molecule has 1 saturated carbocycles. The third kappa shape index (κ3) is 1.82. The van der Waals surface area contributed by atoms with E-state index >= 15 is 0 Å². The van der Waals surface area contributed by atoms with Crippen molar-refractivity contribution in [2.75, 3.05) is 27.8 Å². The molecular formula is C25H29N3O4. The number of aryl methyl sites for hydroxylation is 1. The predicted octanol–water partition coefficient (Wildman–Crippen LogP) is 3.03. The Morgan fingerprint density at radius 1 is 1.22 bits per heavy atom. The van der Waals surface area contributed by atoms with Crippen molar-refractivity contribution in [3.63, 3.8) is 0 Å². The van der Waals surface area contributed by atoms with Gasteiger partial charge < -0.3 is 23.5 Å². The van der Waals surface area contributed by atoms with E-state index in [1.165, 1.54) is 11.1 Å². The summed E-state index contributed by atoms with van der Waals surface area (Å²) in [5.41, 5.74) is 1.85. The fourth-order valence-corrected chi connectivity index (χ4v) is 8.04. The number of benzene rings is 1. The van der Waals surface area contributed by atoms with Crippen LogP contribution in [0.15, 0.2) is 28.7 Å². The number of methoxy groups -OCH3 is 2. The second kappa shape index (κ2) is 5.94. The van der Waals surface area contributed by atoms with Gasteiger partial charge in [-0.2, -0.15) is 0 Å². The lowest BCUT2D eigenvalue weighted by Gasteiger charge is -2.70. The number of hydrogen-bond donors (Lipinski definition) is 0. The lowest BCUT2D eigenvalue weighted by molar-refractivity contribution is -0.200. The number of likely N-dealkylation sites (tertiary alicyclic amines) is 1. The molecule has 0 amide bonds. The van der Waals surface area contributed by atoms with Crippen LogP contribution in [-0.4, -0.2) is 60.7 Å². The van der Waals surface area contributed by atoms with Crippen LogP contribution in [0.2, 0.25) is 0 Å². The fraction of sp³-hybridized carbons (Fsp3) is 0.600. The molecule has 7 heteroatoms. The highest BCUT2D eigenvalue weighted by molar-refractivity contribution is 5.65. The largest absolute Gasteiger partial charge is 0.493 e. The van der Waals surface area contributed by atoms with Crippen molar-refractivity contribution >= 4 is 0 Å². The second-order valence-corrected chi connectivity index (χ2v) is 10.1. The summed E-state index contributed by atoms with van der Waals surface area (Å²) in [6, 6.07) is 4.70. The van der Waals surface area contributed by atoms with Crippen LogP contribution in [0.4, 0.5) is 0 Å². The molecule has 3 heterocycles. The number of aromatic nitrogens is 2. The van der Waals surface area contributed by atoms with Crippen molar-refractivity contribution in [2.24, 2.45) is 5.41 Å². The van der Waals surface area contributed by atoms with E-state index in [1.807, 2.05) is 6.92 Å². The minimum Gasteiger partial charge on any atom is -0.493 e. The zero-order chi connectivity index (χ0) is 21.9. The maximum absolute atomic E-state index is 6.93. The first kappa shape index (κ1) is 19.1. The van der Waals surface area contributed by atoms with Crippen LogP contribution in [0.5, 0.6) is 11.5 Å². The third-order valence-electron chi connectivity index (χ3n) is 9.36. The Hall–Kier alpha value is -2.38. The number of fused-ring (bicyclic) bond motifs is 1. The van der Waals surface area contributed by atoms with Crippen LogP contribution in [0.1, 0.15) is 48.6 Å². The highest BCUT2D eigenvalue weighted by Crippen LogP contribution is 2.75.